The Balaban J connectivity index is 1.90. The van der Waals surface area contributed by atoms with Crippen molar-refractivity contribution in [3.8, 4) is 0 Å². The molecule has 1 amide bonds. The molecule has 16 heavy (non-hydrogen) atoms. The minimum absolute atomic E-state index is 0.0226. The van der Waals surface area contributed by atoms with Gasteiger partial charge in [0, 0.05) is 24.8 Å². The van der Waals surface area contributed by atoms with Crippen molar-refractivity contribution in [2.24, 2.45) is 11.7 Å². The Bertz CT molecular complexity index is 264. The van der Waals surface area contributed by atoms with Gasteiger partial charge in [0.1, 0.15) is 0 Å². The highest BCUT2D eigenvalue weighted by atomic mass is 16.5. The summed E-state index contributed by atoms with van der Waals surface area (Å²) < 4.78 is 10.5. The molecule has 2 unspecified atom stereocenters. The molecule has 0 aromatic carbocycles. The van der Waals surface area contributed by atoms with Gasteiger partial charge in [0.2, 0.25) is 5.91 Å². The average molecular weight is 228 g/mol. The number of ether oxygens (including phenoxy) is 2. The van der Waals surface area contributed by atoms with Crippen molar-refractivity contribution in [2.75, 3.05) is 26.4 Å². The first-order chi connectivity index (χ1) is 7.61. The third-order valence-electron chi connectivity index (χ3n) is 3.48. The number of nitrogens with one attached hydrogen (secondary N) is 1. The van der Waals surface area contributed by atoms with Crippen LogP contribution in [0.2, 0.25) is 0 Å². The number of hydrogen-bond acceptors (Lipinski definition) is 4. The Morgan fingerprint density at radius 3 is 2.56 bits per heavy atom. The molecular weight excluding hydrogens is 208 g/mol. The SMILES string of the molecule is CC1(NC(=O)C2COCC2N)CCOCC1. The number of carbonyl (C=O) groups excluding carboxylic acids is 1. The second kappa shape index (κ2) is 4.69. The lowest BCUT2D eigenvalue weighted by molar-refractivity contribution is -0.128. The van der Waals surface area contributed by atoms with Gasteiger partial charge in [-0.3, -0.25) is 4.79 Å². The lowest BCUT2D eigenvalue weighted by Crippen LogP contribution is -2.53. The van der Waals surface area contributed by atoms with Crippen molar-refractivity contribution in [1.82, 2.24) is 5.32 Å². The van der Waals surface area contributed by atoms with Crippen molar-refractivity contribution in [3.05, 3.63) is 0 Å². The van der Waals surface area contributed by atoms with E-state index in [4.69, 9.17) is 15.2 Å². The molecule has 3 N–H and O–H groups in total. The number of nitrogens with two attached hydrogens (primary N) is 1. The summed E-state index contributed by atoms with van der Waals surface area (Å²) in [6.07, 6.45) is 1.73. The molecule has 2 rings (SSSR count). The molecule has 2 fully saturated rings. The van der Waals surface area contributed by atoms with Crippen LogP contribution in [0.5, 0.6) is 0 Å². The van der Waals surface area contributed by atoms with Gasteiger partial charge in [0.15, 0.2) is 0 Å². The topological polar surface area (TPSA) is 73.6 Å². The first-order valence-electron chi connectivity index (χ1n) is 5.84. The van der Waals surface area contributed by atoms with E-state index in [0.29, 0.717) is 26.4 Å². The van der Waals surface area contributed by atoms with E-state index < -0.39 is 0 Å². The quantitative estimate of drug-likeness (QED) is 0.677. The number of rotatable bonds is 2. The lowest BCUT2D eigenvalue weighted by atomic mass is 9.91. The van der Waals surface area contributed by atoms with Crippen LogP contribution < -0.4 is 11.1 Å². The minimum atomic E-state index is -0.195. The highest BCUT2D eigenvalue weighted by molar-refractivity contribution is 5.80. The molecule has 0 aromatic heterocycles. The Morgan fingerprint density at radius 1 is 1.31 bits per heavy atom. The summed E-state index contributed by atoms with van der Waals surface area (Å²) in [4.78, 5) is 12.0. The fourth-order valence-corrected chi connectivity index (χ4v) is 2.18. The average Bonchev–Trinajstić information content (AvgIpc) is 2.65. The standard InChI is InChI=1S/C11H20N2O3/c1-11(2-4-15-5-3-11)13-10(14)8-6-16-7-9(8)12/h8-9H,2-7,12H2,1H3,(H,13,14). The van der Waals surface area contributed by atoms with Crippen LogP contribution in [0.4, 0.5) is 0 Å². The van der Waals surface area contributed by atoms with Crippen LogP contribution in [0.25, 0.3) is 0 Å². The molecule has 2 heterocycles. The van der Waals surface area contributed by atoms with Crippen LogP contribution in [-0.2, 0) is 14.3 Å². The monoisotopic (exact) mass is 228 g/mol. The van der Waals surface area contributed by atoms with Gasteiger partial charge in [-0.1, -0.05) is 0 Å². The molecule has 5 heteroatoms. The molecule has 0 radical (unpaired) electrons. The van der Waals surface area contributed by atoms with Crippen molar-refractivity contribution in [1.29, 1.82) is 0 Å². The van der Waals surface area contributed by atoms with Gasteiger partial charge in [-0.05, 0) is 19.8 Å². The summed E-state index contributed by atoms with van der Waals surface area (Å²) in [5.74, 6) is -0.172. The molecule has 2 aliphatic heterocycles. The first-order valence-corrected chi connectivity index (χ1v) is 5.84. The fraction of sp³-hybridized carbons (Fsp3) is 0.909. The van der Waals surface area contributed by atoms with E-state index in [9.17, 15) is 4.79 Å². The molecular formula is C11H20N2O3. The third-order valence-corrected chi connectivity index (χ3v) is 3.48. The van der Waals surface area contributed by atoms with E-state index in [2.05, 4.69) is 12.2 Å². The van der Waals surface area contributed by atoms with E-state index >= 15 is 0 Å². The second-order valence-corrected chi connectivity index (χ2v) is 4.97. The van der Waals surface area contributed by atoms with E-state index in [1.54, 1.807) is 0 Å². The highest BCUT2D eigenvalue weighted by Gasteiger charge is 2.36. The minimum Gasteiger partial charge on any atom is -0.381 e. The molecule has 0 aliphatic carbocycles. The van der Waals surface area contributed by atoms with Gasteiger partial charge in [-0.2, -0.15) is 0 Å². The van der Waals surface area contributed by atoms with Crippen molar-refractivity contribution in [2.45, 2.75) is 31.3 Å². The smallest absolute Gasteiger partial charge is 0.227 e. The molecule has 0 saturated carbocycles. The van der Waals surface area contributed by atoms with E-state index in [1.165, 1.54) is 0 Å². The summed E-state index contributed by atoms with van der Waals surface area (Å²) in [6, 6.07) is -0.163. The van der Waals surface area contributed by atoms with Crippen LogP contribution in [0, 0.1) is 5.92 Å². The summed E-state index contributed by atoms with van der Waals surface area (Å²) in [5.41, 5.74) is 5.68. The van der Waals surface area contributed by atoms with Gasteiger partial charge in [0.25, 0.3) is 0 Å². The zero-order valence-corrected chi connectivity index (χ0v) is 9.70. The zero-order chi connectivity index (χ0) is 11.6. The summed E-state index contributed by atoms with van der Waals surface area (Å²) in [6.45, 7) is 4.42. The van der Waals surface area contributed by atoms with Crippen LogP contribution in [0.15, 0.2) is 0 Å². The Kier molecular flexibility index (Phi) is 3.47. The summed E-state index contributed by atoms with van der Waals surface area (Å²) in [7, 11) is 0. The van der Waals surface area contributed by atoms with Crippen molar-refractivity contribution >= 4 is 5.91 Å². The van der Waals surface area contributed by atoms with Crippen LogP contribution in [0.3, 0.4) is 0 Å². The van der Waals surface area contributed by atoms with Gasteiger partial charge in [0.05, 0.1) is 19.1 Å². The summed E-state index contributed by atoms with van der Waals surface area (Å²) >= 11 is 0. The molecule has 0 bridgehead atoms. The van der Waals surface area contributed by atoms with E-state index in [1.807, 2.05) is 0 Å². The largest absolute Gasteiger partial charge is 0.381 e. The van der Waals surface area contributed by atoms with Gasteiger partial charge in [-0.25, -0.2) is 0 Å². The maximum absolute atomic E-state index is 12.0. The fourth-order valence-electron chi connectivity index (χ4n) is 2.18. The van der Waals surface area contributed by atoms with E-state index in [0.717, 1.165) is 12.8 Å². The highest BCUT2D eigenvalue weighted by Crippen LogP contribution is 2.21. The zero-order valence-electron chi connectivity index (χ0n) is 9.70. The summed E-state index contributed by atoms with van der Waals surface area (Å²) in [5, 5.41) is 3.09. The molecule has 2 atom stereocenters. The van der Waals surface area contributed by atoms with Gasteiger partial charge in [-0.15, -0.1) is 0 Å². The number of amides is 1. The predicted octanol–water partition coefficient (Wildman–Crippen LogP) is -0.355. The predicted molar refractivity (Wildman–Crippen MR) is 58.9 cm³/mol. The number of carbonyl (C=O) groups is 1. The third kappa shape index (κ3) is 2.53. The second-order valence-electron chi connectivity index (χ2n) is 4.97. The van der Waals surface area contributed by atoms with Crippen LogP contribution in [0.1, 0.15) is 19.8 Å². The number of hydrogen-bond donors (Lipinski definition) is 2. The molecule has 2 saturated heterocycles. The van der Waals surface area contributed by atoms with E-state index in [-0.39, 0.29) is 23.4 Å². The molecule has 92 valence electrons. The van der Waals surface area contributed by atoms with Gasteiger partial charge < -0.3 is 20.5 Å². The van der Waals surface area contributed by atoms with Crippen LogP contribution in [-0.4, -0.2) is 43.9 Å². The first kappa shape index (κ1) is 11.8. The maximum Gasteiger partial charge on any atom is 0.227 e. The van der Waals surface area contributed by atoms with Crippen LogP contribution >= 0.6 is 0 Å². The lowest BCUT2D eigenvalue weighted by Gasteiger charge is -2.35. The molecule has 0 aromatic rings. The van der Waals surface area contributed by atoms with Crippen molar-refractivity contribution < 1.29 is 14.3 Å². The van der Waals surface area contributed by atoms with Gasteiger partial charge >= 0.3 is 0 Å². The Labute approximate surface area is 95.7 Å². The molecule has 0 spiro atoms. The van der Waals surface area contributed by atoms with Crippen molar-refractivity contribution in [3.63, 3.8) is 0 Å². The molecule has 5 nitrogen and oxygen atoms in total. The maximum atomic E-state index is 12.0. The Morgan fingerprint density at radius 2 is 2.00 bits per heavy atom. The Hall–Kier alpha value is -0.650. The normalized spacial score (nSPS) is 33.6. The molecule has 2 aliphatic rings.